The maximum absolute atomic E-state index is 13.5. The summed E-state index contributed by atoms with van der Waals surface area (Å²) in [6.07, 6.45) is 2.05. The number of morpholine rings is 1. The lowest BCUT2D eigenvalue weighted by atomic mass is 10.2. The van der Waals surface area contributed by atoms with Gasteiger partial charge in [-0.1, -0.05) is 34.5 Å². The number of thioether (sulfide) groups is 1. The molecule has 1 saturated heterocycles. The zero-order valence-corrected chi connectivity index (χ0v) is 19.6. The minimum absolute atomic E-state index is 0.156. The highest BCUT2D eigenvalue weighted by atomic mass is 35.5. The van der Waals surface area contributed by atoms with Gasteiger partial charge in [-0.15, -0.1) is 11.8 Å². The molecule has 1 aliphatic heterocycles. The number of halogens is 2. The molecule has 0 bridgehead atoms. The van der Waals surface area contributed by atoms with Crippen LogP contribution >= 0.6 is 46.3 Å². The van der Waals surface area contributed by atoms with Gasteiger partial charge in [-0.05, 0) is 42.7 Å². The smallest absolute Gasteiger partial charge is 0.260 e. The van der Waals surface area contributed by atoms with E-state index in [1.807, 2.05) is 18.4 Å². The number of rotatable bonds is 6. The first-order valence-corrected chi connectivity index (χ1v) is 12.4. The molecule has 0 unspecified atom stereocenters. The number of carbonyl (C=O) groups excluding carboxylic acids is 1. The minimum Gasteiger partial charge on any atom is -0.379 e. The fourth-order valence-corrected chi connectivity index (χ4v) is 5.39. The monoisotopic (exact) mass is 481 g/mol. The van der Waals surface area contributed by atoms with Gasteiger partial charge in [0.2, 0.25) is 0 Å². The number of amides is 1. The van der Waals surface area contributed by atoms with E-state index in [9.17, 15) is 4.79 Å². The summed E-state index contributed by atoms with van der Waals surface area (Å²) in [5, 5.41) is 1.55. The Labute approximate surface area is 193 Å². The van der Waals surface area contributed by atoms with Gasteiger partial charge in [-0.3, -0.25) is 14.6 Å². The highest BCUT2D eigenvalue weighted by molar-refractivity contribution is 7.98. The molecule has 9 heteroatoms. The third kappa shape index (κ3) is 5.10. The molecule has 4 rings (SSSR count). The number of hydrogen-bond donors (Lipinski definition) is 0. The number of carbonyl (C=O) groups is 1. The van der Waals surface area contributed by atoms with Crippen molar-refractivity contribution in [1.82, 2.24) is 9.88 Å². The molecule has 158 valence electrons. The Balaban J connectivity index is 1.66. The molecule has 1 aliphatic rings. The van der Waals surface area contributed by atoms with Gasteiger partial charge >= 0.3 is 0 Å². The molecule has 2 heterocycles. The van der Waals surface area contributed by atoms with E-state index in [0.717, 1.165) is 43.1 Å². The molecule has 0 N–H and O–H groups in total. The van der Waals surface area contributed by atoms with Crippen LogP contribution in [0.2, 0.25) is 10.0 Å². The van der Waals surface area contributed by atoms with Gasteiger partial charge in [0.25, 0.3) is 5.91 Å². The Morgan fingerprint density at radius 3 is 2.63 bits per heavy atom. The zero-order chi connectivity index (χ0) is 21.1. The summed E-state index contributed by atoms with van der Waals surface area (Å²) >= 11 is 15.5. The Bertz CT molecular complexity index is 1030. The van der Waals surface area contributed by atoms with E-state index in [-0.39, 0.29) is 5.91 Å². The Kier molecular flexibility index (Phi) is 7.18. The van der Waals surface area contributed by atoms with E-state index < -0.39 is 0 Å². The molecular formula is C21H21Cl2N3O2S2. The van der Waals surface area contributed by atoms with Gasteiger partial charge < -0.3 is 4.74 Å². The molecule has 1 fully saturated rings. The summed E-state index contributed by atoms with van der Waals surface area (Å²) in [6, 6.07) is 11.1. The van der Waals surface area contributed by atoms with Crippen LogP contribution in [0.1, 0.15) is 10.4 Å². The second kappa shape index (κ2) is 9.85. The molecule has 3 aromatic rings. The largest absolute Gasteiger partial charge is 0.379 e. The number of ether oxygens (including phenoxy) is 1. The van der Waals surface area contributed by atoms with E-state index >= 15 is 0 Å². The summed E-state index contributed by atoms with van der Waals surface area (Å²) in [5.74, 6) is -0.156. The number of hydrogen-bond acceptors (Lipinski definition) is 6. The van der Waals surface area contributed by atoms with E-state index in [2.05, 4.69) is 11.0 Å². The van der Waals surface area contributed by atoms with Crippen molar-refractivity contribution >= 4 is 67.6 Å². The van der Waals surface area contributed by atoms with Crippen molar-refractivity contribution < 1.29 is 9.53 Å². The average Bonchev–Trinajstić information content (AvgIpc) is 3.16. The van der Waals surface area contributed by atoms with Crippen LogP contribution in [0.5, 0.6) is 0 Å². The van der Waals surface area contributed by atoms with Crippen LogP contribution in [-0.2, 0) is 4.74 Å². The lowest BCUT2D eigenvalue weighted by molar-refractivity contribution is 0.0391. The third-order valence-electron chi connectivity index (χ3n) is 4.91. The number of thiazole rings is 1. The Morgan fingerprint density at radius 2 is 1.93 bits per heavy atom. The van der Waals surface area contributed by atoms with Crippen LogP contribution in [0, 0.1) is 0 Å². The van der Waals surface area contributed by atoms with Crippen molar-refractivity contribution in [2.75, 3.05) is 50.5 Å². The fraction of sp³-hybridized carbons (Fsp3) is 0.333. The molecular weight excluding hydrogens is 461 g/mol. The summed E-state index contributed by atoms with van der Waals surface area (Å²) < 4.78 is 6.49. The molecule has 0 atom stereocenters. The number of nitrogens with zero attached hydrogens (tertiary/aromatic N) is 3. The predicted molar refractivity (Wildman–Crippen MR) is 127 cm³/mol. The maximum Gasteiger partial charge on any atom is 0.260 e. The first-order chi connectivity index (χ1) is 14.5. The van der Waals surface area contributed by atoms with E-state index in [0.29, 0.717) is 27.3 Å². The number of benzene rings is 2. The number of anilines is 1. The highest BCUT2D eigenvalue weighted by Crippen LogP contribution is 2.32. The molecule has 0 saturated carbocycles. The van der Waals surface area contributed by atoms with Crippen LogP contribution in [0.15, 0.2) is 41.3 Å². The number of fused-ring (bicyclic) bond motifs is 1. The van der Waals surface area contributed by atoms with Crippen molar-refractivity contribution in [3.63, 3.8) is 0 Å². The standard InChI is InChI=1S/C21H21Cl2N3O2S2/c1-29-17-2-3-18-19(13-17)30-21(24-18)26(5-4-25-6-8-28-9-7-25)20(27)14-10-15(22)12-16(23)11-14/h2-3,10-13H,4-9H2,1H3. The van der Waals surface area contributed by atoms with Crippen molar-refractivity contribution in [3.05, 3.63) is 52.0 Å². The lowest BCUT2D eigenvalue weighted by Crippen LogP contribution is -2.43. The second-order valence-corrected chi connectivity index (χ2v) is 9.66. The molecule has 0 aliphatic carbocycles. The molecule has 0 spiro atoms. The quantitative estimate of drug-likeness (QED) is 0.446. The van der Waals surface area contributed by atoms with Gasteiger partial charge in [-0.2, -0.15) is 0 Å². The van der Waals surface area contributed by atoms with E-state index in [4.69, 9.17) is 32.9 Å². The Morgan fingerprint density at radius 1 is 1.20 bits per heavy atom. The summed E-state index contributed by atoms with van der Waals surface area (Å²) in [6.45, 7) is 4.43. The van der Waals surface area contributed by atoms with Crippen molar-refractivity contribution in [1.29, 1.82) is 0 Å². The van der Waals surface area contributed by atoms with Gasteiger partial charge in [0, 0.05) is 46.7 Å². The van der Waals surface area contributed by atoms with Gasteiger partial charge in [0.05, 0.1) is 23.4 Å². The minimum atomic E-state index is -0.156. The highest BCUT2D eigenvalue weighted by Gasteiger charge is 2.23. The van der Waals surface area contributed by atoms with E-state index in [1.165, 1.54) is 16.2 Å². The summed E-state index contributed by atoms with van der Waals surface area (Å²) in [7, 11) is 0. The van der Waals surface area contributed by atoms with Gasteiger partial charge in [0.1, 0.15) is 0 Å². The molecule has 0 radical (unpaired) electrons. The number of aromatic nitrogens is 1. The topological polar surface area (TPSA) is 45.7 Å². The van der Waals surface area contributed by atoms with Crippen LogP contribution in [-0.4, -0.2) is 61.4 Å². The molecule has 30 heavy (non-hydrogen) atoms. The van der Waals surface area contributed by atoms with Gasteiger partial charge in [0.15, 0.2) is 5.13 Å². The van der Waals surface area contributed by atoms with Crippen LogP contribution < -0.4 is 4.90 Å². The maximum atomic E-state index is 13.5. The van der Waals surface area contributed by atoms with Gasteiger partial charge in [-0.25, -0.2) is 4.98 Å². The van der Waals surface area contributed by atoms with Crippen molar-refractivity contribution in [2.45, 2.75) is 4.90 Å². The molecule has 1 amide bonds. The van der Waals surface area contributed by atoms with E-state index in [1.54, 1.807) is 34.9 Å². The molecule has 1 aromatic heterocycles. The van der Waals surface area contributed by atoms with Crippen LogP contribution in [0.3, 0.4) is 0 Å². The first-order valence-electron chi connectivity index (χ1n) is 9.56. The average molecular weight is 482 g/mol. The van der Waals surface area contributed by atoms with Crippen LogP contribution in [0.25, 0.3) is 10.2 Å². The second-order valence-electron chi connectivity index (χ2n) is 6.90. The predicted octanol–water partition coefficient (Wildman–Crippen LogP) is 5.30. The molecule has 5 nitrogen and oxygen atoms in total. The summed E-state index contributed by atoms with van der Waals surface area (Å²) in [5.41, 5.74) is 1.35. The lowest BCUT2D eigenvalue weighted by Gasteiger charge is -2.29. The van der Waals surface area contributed by atoms with Crippen molar-refractivity contribution in [3.8, 4) is 0 Å². The SMILES string of the molecule is CSc1ccc2nc(N(CCN3CCOCC3)C(=O)c3cc(Cl)cc(Cl)c3)sc2c1. The van der Waals surface area contributed by atoms with Crippen LogP contribution in [0.4, 0.5) is 5.13 Å². The normalized spacial score (nSPS) is 14.9. The fourth-order valence-electron chi connectivity index (χ4n) is 3.32. The molecule has 2 aromatic carbocycles. The Hall–Kier alpha value is -1.35. The zero-order valence-electron chi connectivity index (χ0n) is 16.4. The first kappa shape index (κ1) is 21.9. The summed E-state index contributed by atoms with van der Waals surface area (Å²) in [4.78, 5) is 23.4. The third-order valence-corrected chi connectivity index (χ3v) is 7.12. The van der Waals surface area contributed by atoms with Crippen molar-refractivity contribution in [2.24, 2.45) is 0 Å².